The highest BCUT2D eigenvalue weighted by Crippen LogP contribution is 2.53. The Hall–Kier alpha value is -1.97. The van der Waals surface area contributed by atoms with Crippen LogP contribution in [0, 0.1) is 11.3 Å². The molecule has 1 saturated carbocycles. The molecule has 8 nitrogen and oxygen atoms in total. The topological polar surface area (TPSA) is 87.2 Å². The van der Waals surface area contributed by atoms with Crippen molar-refractivity contribution < 1.29 is 19.4 Å². The molecule has 0 bridgehead atoms. The van der Waals surface area contributed by atoms with Gasteiger partial charge in [-0.2, -0.15) is 0 Å². The quantitative estimate of drug-likeness (QED) is 0.647. The molecular formula is C27H35ClN4O4. The van der Waals surface area contributed by atoms with Gasteiger partial charge in [0.05, 0.1) is 35.6 Å². The van der Waals surface area contributed by atoms with Gasteiger partial charge >= 0.3 is 0 Å². The Morgan fingerprint density at radius 2 is 1.89 bits per heavy atom. The van der Waals surface area contributed by atoms with Gasteiger partial charge in [-0.3, -0.25) is 9.69 Å². The van der Waals surface area contributed by atoms with Crippen molar-refractivity contribution in [2.24, 2.45) is 11.3 Å². The molecule has 4 fully saturated rings. The van der Waals surface area contributed by atoms with E-state index in [9.17, 15) is 9.90 Å². The van der Waals surface area contributed by atoms with E-state index < -0.39 is 6.10 Å². The molecule has 3 aliphatic heterocycles. The monoisotopic (exact) mass is 514 g/mol. The molecule has 1 aromatic heterocycles. The lowest BCUT2D eigenvalue weighted by atomic mass is 9.56. The number of anilines is 2. The first-order chi connectivity index (χ1) is 17.4. The summed E-state index contributed by atoms with van der Waals surface area (Å²) in [5.41, 5.74) is 0.766. The summed E-state index contributed by atoms with van der Waals surface area (Å²) in [6.07, 6.45) is 5.31. The zero-order valence-electron chi connectivity index (χ0n) is 20.8. The molecular weight excluding hydrogens is 480 g/mol. The minimum atomic E-state index is -0.462. The van der Waals surface area contributed by atoms with Gasteiger partial charge in [0.15, 0.2) is 0 Å². The van der Waals surface area contributed by atoms with Crippen molar-refractivity contribution in [3.05, 3.63) is 29.4 Å². The molecule has 1 aliphatic carbocycles. The van der Waals surface area contributed by atoms with Gasteiger partial charge in [-0.05, 0) is 61.6 Å². The molecule has 1 spiro atoms. The summed E-state index contributed by atoms with van der Waals surface area (Å²) in [7, 11) is 0. The number of nitrogens with zero attached hydrogens (tertiary/aromatic N) is 3. The van der Waals surface area contributed by atoms with Gasteiger partial charge in [-0.25, -0.2) is 4.98 Å². The van der Waals surface area contributed by atoms with Gasteiger partial charge in [0.2, 0.25) is 5.91 Å². The van der Waals surface area contributed by atoms with Crippen LogP contribution in [0.1, 0.15) is 32.6 Å². The average molecular weight is 515 g/mol. The van der Waals surface area contributed by atoms with Gasteiger partial charge in [0, 0.05) is 56.9 Å². The molecule has 6 rings (SSSR count). The first kappa shape index (κ1) is 24.4. The van der Waals surface area contributed by atoms with Crippen molar-refractivity contribution >= 4 is 39.8 Å². The Balaban J connectivity index is 1.16. The number of rotatable bonds is 4. The number of piperazine rings is 1. The van der Waals surface area contributed by atoms with Gasteiger partial charge in [0.1, 0.15) is 5.82 Å². The number of carbonyl (C=O) groups is 1. The standard InChI is InChI=1S/C27H35ClN4O4/c1-26(17-36-16-23(26)33)32-8-6-31(7-9-32)22-13-18-14-24(29-15-19(18)12-21(22)28)30-25(34)20-2-3-27(20)4-10-35-11-5-27/h12-15,20,23,33H,2-11,16-17H2,1H3,(H,29,30,34)/t20-,23+,26-/m0/s1. The highest BCUT2D eigenvalue weighted by Gasteiger charge is 2.51. The lowest BCUT2D eigenvalue weighted by Crippen LogP contribution is -2.60. The first-order valence-electron chi connectivity index (χ1n) is 13.1. The van der Waals surface area contributed by atoms with Gasteiger partial charge in [-0.1, -0.05) is 11.6 Å². The molecule has 4 aliphatic rings. The summed E-state index contributed by atoms with van der Waals surface area (Å²) >= 11 is 6.70. The van der Waals surface area contributed by atoms with Crippen molar-refractivity contribution in [1.29, 1.82) is 0 Å². The van der Waals surface area contributed by atoms with E-state index in [1.54, 1.807) is 6.20 Å². The number of benzene rings is 1. The summed E-state index contributed by atoms with van der Waals surface area (Å²) in [6.45, 7) is 7.84. The molecule has 9 heteroatoms. The van der Waals surface area contributed by atoms with Crippen LogP contribution < -0.4 is 10.2 Å². The van der Waals surface area contributed by atoms with E-state index in [-0.39, 0.29) is 22.8 Å². The number of aromatic nitrogens is 1. The predicted molar refractivity (Wildman–Crippen MR) is 140 cm³/mol. The Morgan fingerprint density at radius 1 is 1.11 bits per heavy atom. The van der Waals surface area contributed by atoms with Crippen molar-refractivity contribution in [2.45, 2.75) is 44.2 Å². The zero-order chi connectivity index (χ0) is 24.9. The van der Waals surface area contributed by atoms with Crippen LogP contribution in [0.4, 0.5) is 11.5 Å². The molecule has 2 N–H and O–H groups in total. The maximum absolute atomic E-state index is 13.1. The summed E-state index contributed by atoms with van der Waals surface area (Å²) in [5, 5.41) is 16.2. The number of carbonyl (C=O) groups excluding carboxylic acids is 1. The first-order valence-corrected chi connectivity index (χ1v) is 13.5. The van der Waals surface area contributed by atoms with E-state index in [1.165, 1.54) is 0 Å². The SMILES string of the molecule is C[C@]1(N2CCN(c3cc4cc(NC(=O)[C@@H]5CCC56CCOCC6)ncc4cc3Cl)CC2)COC[C@H]1O. The Bertz CT molecular complexity index is 1150. The number of pyridine rings is 1. The summed E-state index contributed by atoms with van der Waals surface area (Å²) in [5.74, 6) is 0.705. The number of aliphatic hydroxyl groups is 1. The third kappa shape index (κ3) is 4.17. The second-order valence-electron chi connectivity index (χ2n) is 11.1. The molecule has 1 amide bonds. The van der Waals surface area contributed by atoms with Crippen molar-refractivity contribution in [1.82, 2.24) is 9.88 Å². The van der Waals surface area contributed by atoms with Crippen LogP contribution in [-0.4, -0.2) is 85.1 Å². The van der Waals surface area contributed by atoms with Crippen LogP contribution in [0.3, 0.4) is 0 Å². The zero-order valence-corrected chi connectivity index (χ0v) is 21.6. The van der Waals surface area contributed by atoms with Gasteiger partial charge in [0.25, 0.3) is 0 Å². The molecule has 0 unspecified atom stereocenters. The van der Waals surface area contributed by atoms with Gasteiger partial charge in [-0.15, -0.1) is 0 Å². The molecule has 4 heterocycles. The predicted octanol–water partition coefficient (Wildman–Crippen LogP) is 3.31. The smallest absolute Gasteiger partial charge is 0.229 e. The van der Waals surface area contributed by atoms with Crippen LogP contribution in [0.5, 0.6) is 0 Å². The number of hydrogen-bond donors (Lipinski definition) is 2. The second-order valence-corrected chi connectivity index (χ2v) is 11.5. The number of aliphatic hydroxyl groups excluding tert-OH is 1. The molecule has 2 aromatic rings. The van der Waals surface area contributed by atoms with Crippen molar-refractivity contribution in [3.63, 3.8) is 0 Å². The maximum atomic E-state index is 13.1. The largest absolute Gasteiger partial charge is 0.389 e. The maximum Gasteiger partial charge on any atom is 0.229 e. The van der Waals surface area contributed by atoms with Crippen LogP contribution in [-0.2, 0) is 14.3 Å². The van der Waals surface area contributed by atoms with Crippen LogP contribution in [0.2, 0.25) is 5.02 Å². The van der Waals surface area contributed by atoms with E-state index in [0.717, 1.165) is 81.5 Å². The van der Waals surface area contributed by atoms with Crippen LogP contribution >= 0.6 is 11.6 Å². The molecule has 1 aromatic carbocycles. The number of fused-ring (bicyclic) bond motifs is 1. The normalized spacial score (nSPS) is 30.5. The minimum absolute atomic E-state index is 0.0432. The molecule has 194 valence electrons. The molecule has 36 heavy (non-hydrogen) atoms. The number of amides is 1. The van der Waals surface area contributed by atoms with Crippen molar-refractivity contribution in [3.8, 4) is 0 Å². The minimum Gasteiger partial charge on any atom is -0.389 e. The fourth-order valence-electron chi connectivity index (χ4n) is 6.57. The second kappa shape index (κ2) is 9.40. The Morgan fingerprint density at radius 3 is 2.56 bits per heavy atom. The molecule has 0 radical (unpaired) electrons. The lowest BCUT2D eigenvalue weighted by molar-refractivity contribution is -0.138. The molecule has 3 atom stereocenters. The summed E-state index contributed by atoms with van der Waals surface area (Å²) < 4.78 is 11.1. The van der Waals surface area contributed by atoms with Crippen LogP contribution in [0.15, 0.2) is 24.4 Å². The third-order valence-electron chi connectivity index (χ3n) is 9.24. The number of nitrogens with one attached hydrogen (secondary N) is 1. The lowest BCUT2D eigenvalue weighted by Gasteiger charge is -2.50. The molecule has 3 saturated heterocycles. The highest BCUT2D eigenvalue weighted by molar-refractivity contribution is 6.34. The number of halogens is 1. The van der Waals surface area contributed by atoms with E-state index >= 15 is 0 Å². The van der Waals surface area contributed by atoms with E-state index in [4.69, 9.17) is 21.1 Å². The Kier molecular flexibility index (Phi) is 6.37. The fraction of sp³-hybridized carbons (Fsp3) is 0.630. The van der Waals surface area contributed by atoms with Crippen LogP contribution in [0.25, 0.3) is 10.8 Å². The van der Waals surface area contributed by atoms with E-state index in [1.807, 2.05) is 12.1 Å². The highest BCUT2D eigenvalue weighted by atomic mass is 35.5. The summed E-state index contributed by atoms with van der Waals surface area (Å²) in [6, 6.07) is 6.01. The number of hydrogen-bond acceptors (Lipinski definition) is 7. The fourth-order valence-corrected chi connectivity index (χ4v) is 6.87. The van der Waals surface area contributed by atoms with Crippen molar-refractivity contribution in [2.75, 3.05) is 62.8 Å². The van der Waals surface area contributed by atoms with E-state index in [0.29, 0.717) is 24.1 Å². The third-order valence-corrected chi connectivity index (χ3v) is 9.55. The average Bonchev–Trinajstić information content (AvgIpc) is 3.22. The van der Waals surface area contributed by atoms with E-state index in [2.05, 4.69) is 33.1 Å². The Labute approximate surface area is 216 Å². The summed E-state index contributed by atoms with van der Waals surface area (Å²) in [4.78, 5) is 22.2. The van der Waals surface area contributed by atoms with Gasteiger partial charge < -0.3 is 24.8 Å². The number of ether oxygens (including phenoxy) is 2.